The van der Waals surface area contributed by atoms with Gasteiger partial charge in [-0.05, 0) is 6.42 Å². The number of carbonyl (C=O) groups is 1. The highest BCUT2D eigenvalue weighted by atomic mass is 19.1. The molecule has 6 heteroatoms. The van der Waals surface area contributed by atoms with Gasteiger partial charge in [-0.1, -0.05) is 13.8 Å². The maximum Gasteiger partial charge on any atom is 0.316 e. The first-order valence-electron chi connectivity index (χ1n) is 7.03. The second kappa shape index (κ2) is 6.63. The Balaban J connectivity index is 1.82. The third-order valence-corrected chi connectivity index (χ3v) is 3.66. The number of hydrogen-bond acceptors (Lipinski definition) is 4. The number of amides is 1. The number of rotatable bonds is 4. The minimum atomic E-state index is -0.480. The molecule has 0 radical (unpaired) electrons. The molecule has 0 spiro atoms. The van der Waals surface area contributed by atoms with Crippen molar-refractivity contribution in [2.24, 2.45) is 5.92 Å². The van der Waals surface area contributed by atoms with Crippen molar-refractivity contribution in [3.8, 4) is 6.01 Å². The first-order valence-corrected chi connectivity index (χ1v) is 7.03. The van der Waals surface area contributed by atoms with Gasteiger partial charge in [0.15, 0.2) is 5.82 Å². The average molecular weight is 281 g/mol. The van der Waals surface area contributed by atoms with Gasteiger partial charge >= 0.3 is 6.01 Å². The van der Waals surface area contributed by atoms with Crippen LogP contribution >= 0.6 is 0 Å². The van der Waals surface area contributed by atoms with Crippen LogP contribution in [0.4, 0.5) is 4.39 Å². The topological polar surface area (TPSA) is 55.3 Å². The molecule has 1 aromatic rings. The quantitative estimate of drug-likeness (QED) is 0.847. The second-order valence-corrected chi connectivity index (χ2v) is 5.14. The number of likely N-dealkylation sites (tertiary alicyclic amines) is 1. The second-order valence-electron chi connectivity index (χ2n) is 5.14. The Bertz CT molecular complexity index is 444. The predicted molar refractivity (Wildman–Crippen MR) is 71.7 cm³/mol. The van der Waals surface area contributed by atoms with Crippen molar-refractivity contribution < 1.29 is 13.9 Å². The van der Waals surface area contributed by atoms with E-state index in [1.165, 1.54) is 0 Å². The zero-order valence-corrected chi connectivity index (χ0v) is 11.9. The van der Waals surface area contributed by atoms with E-state index in [2.05, 4.69) is 9.97 Å². The van der Waals surface area contributed by atoms with Crippen LogP contribution in [0.1, 0.15) is 33.1 Å². The van der Waals surface area contributed by atoms with E-state index in [0.717, 1.165) is 31.7 Å². The van der Waals surface area contributed by atoms with Gasteiger partial charge in [-0.25, -0.2) is 14.4 Å². The van der Waals surface area contributed by atoms with Crippen molar-refractivity contribution in [1.82, 2.24) is 14.9 Å². The summed E-state index contributed by atoms with van der Waals surface area (Å²) in [5.74, 6) is -0.191. The number of hydrogen-bond donors (Lipinski definition) is 0. The van der Waals surface area contributed by atoms with Crippen molar-refractivity contribution in [3.05, 3.63) is 18.2 Å². The molecule has 1 fully saturated rings. The number of piperidine rings is 1. The van der Waals surface area contributed by atoms with E-state index in [1.807, 2.05) is 18.7 Å². The van der Waals surface area contributed by atoms with E-state index in [-0.39, 0.29) is 23.9 Å². The van der Waals surface area contributed by atoms with Crippen LogP contribution in [0.25, 0.3) is 0 Å². The molecule has 0 aromatic carbocycles. The Morgan fingerprint density at radius 2 is 2.05 bits per heavy atom. The Kier molecular flexibility index (Phi) is 4.87. The van der Waals surface area contributed by atoms with Gasteiger partial charge in [0.25, 0.3) is 0 Å². The minimum Gasteiger partial charge on any atom is -0.460 e. The first kappa shape index (κ1) is 14.7. The molecule has 0 aliphatic carbocycles. The summed E-state index contributed by atoms with van der Waals surface area (Å²) >= 11 is 0. The summed E-state index contributed by atoms with van der Waals surface area (Å²) in [7, 11) is 0. The SMILES string of the molecule is CCC(C)C(=O)N1CCC(Oc2ncc(F)cn2)CC1. The van der Waals surface area contributed by atoms with Gasteiger partial charge < -0.3 is 9.64 Å². The molecule has 1 unspecified atom stereocenters. The molecule has 1 aromatic heterocycles. The van der Waals surface area contributed by atoms with Gasteiger partial charge in [0.1, 0.15) is 6.10 Å². The molecule has 0 bridgehead atoms. The molecule has 20 heavy (non-hydrogen) atoms. The number of nitrogens with zero attached hydrogens (tertiary/aromatic N) is 3. The summed E-state index contributed by atoms with van der Waals surface area (Å²) in [4.78, 5) is 21.5. The van der Waals surface area contributed by atoms with Crippen LogP contribution in [0, 0.1) is 11.7 Å². The number of aromatic nitrogens is 2. The van der Waals surface area contributed by atoms with Crippen molar-refractivity contribution in [1.29, 1.82) is 0 Å². The lowest BCUT2D eigenvalue weighted by atomic mass is 10.0. The fourth-order valence-electron chi connectivity index (χ4n) is 2.19. The van der Waals surface area contributed by atoms with Gasteiger partial charge in [-0.15, -0.1) is 0 Å². The van der Waals surface area contributed by atoms with E-state index in [0.29, 0.717) is 13.1 Å². The van der Waals surface area contributed by atoms with E-state index >= 15 is 0 Å². The summed E-state index contributed by atoms with van der Waals surface area (Å²) in [6, 6.07) is 0.193. The molecule has 110 valence electrons. The Hall–Kier alpha value is -1.72. The van der Waals surface area contributed by atoms with Crippen molar-refractivity contribution in [2.75, 3.05) is 13.1 Å². The number of halogens is 1. The van der Waals surface area contributed by atoms with Gasteiger partial charge in [-0.3, -0.25) is 4.79 Å². The minimum absolute atomic E-state index is 0.0126. The third-order valence-electron chi connectivity index (χ3n) is 3.66. The molecule has 0 N–H and O–H groups in total. The Labute approximate surface area is 118 Å². The maximum atomic E-state index is 12.7. The summed E-state index contributed by atoms with van der Waals surface area (Å²) in [5, 5.41) is 0. The van der Waals surface area contributed by atoms with Gasteiger partial charge in [0.05, 0.1) is 12.4 Å². The van der Waals surface area contributed by atoms with Crippen LogP contribution in [0.2, 0.25) is 0 Å². The van der Waals surface area contributed by atoms with E-state index in [1.54, 1.807) is 0 Å². The molecule has 2 rings (SSSR count). The zero-order valence-electron chi connectivity index (χ0n) is 11.9. The van der Waals surface area contributed by atoms with Gasteiger partial charge in [-0.2, -0.15) is 0 Å². The van der Waals surface area contributed by atoms with Crippen LogP contribution in [-0.2, 0) is 4.79 Å². The lowest BCUT2D eigenvalue weighted by molar-refractivity contribution is -0.136. The number of carbonyl (C=O) groups excluding carboxylic acids is 1. The molecule has 5 nitrogen and oxygen atoms in total. The molecular weight excluding hydrogens is 261 g/mol. The lowest BCUT2D eigenvalue weighted by Crippen LogP contribution is -2.43. The smallest absolute Gasteiger partial charge is 0.316 e. The molecule has 1 aliphatic rings. The highest BCUT2D eigenvalue weighted by Crippen LogP contribution is 2.18. The van der Waals surface area contributed by atoms with Crippen molar-refractivity contribution >= 4 is 5.91 Å². The monoisotopic (exact) mass is 281 g/mol. The molecule has 1 saturated heterocycles. The standard InChI is InChI=1S/C14H20FN3O2/c1-3-10(2)13(19)18-6-4-12(5-7-18)20-14-16-8-11(15)9-17-14/h8-10,12H,3-7H2,1-2H3. The third kappa shape index (κ3) is 3.65. The van der Waals surface area contributed by atoms with Crippen molar-refractivity contribution in [3.63, 3.8) is 0 Å². The lowest BCUT2D eigenvalue weighted by Gasteiger charge is -2.33. The molecule has 1 atom stereocenters. The molecule has 2 heterocycles. The van der Waals surface area contributed by atoms with Gasteiger partial charge in [0, 0.05) is 31.8 Å². The largest absolute Gasteiger partial charge is 0.460 e. The van der Waals surface area contributed by atoms with E-state index < -0.39 is 5.82 Å². The fraction of sp³-hybridized carbons (Fsp3) is 0.643. The molecule has 1 aliphatic heterocycles. The van der Waals surface area contributed by atoms with Gasteiger partial charge in [0.2, 0.25) is 5.91 Å². The van der Waals surface area contributed by atoms with Crippen LogP contribution in [0.3, 0.4) is 0 Å². The van der Waals surface area contributed by atoms with Crippen LogP contribution in [-0.4, -0.2) is 40.0 Å². The molecule has 1 amide bonds. The fourth-order valence-corrected chi connectivity index (χ4v) is 2.19. The summed E-state index contributed by atoms with van der Waals surface area (Å²) < 4.78 is 18.3. The summed E-state index contributed by atoms with van der Waals surface area (Å²) in [5.41, 5.74) is 0. The van der Waals surface area contributed by atoms with Crippen LogP contribution < -0.4 is 4.74 Å². The zero-order chi connectivity index (χ0) is 14.5. The maximum absolute atomic E-state index is 12.7. The van der Waals surface area contributed by atoms with Crippen molar-refractivity contribution in [2.45, 2.75) is 39.2 Å². The average Bonchev–Trinajstić information content (AvgIpc) is 2.49. The highest BCUT2D eigenvalue weighted by Gasteiger charge is 2.26. The molecule has 0 saturated carbocycles. The summed E-state index contributed by atoms with van der Waals surface area (Å²) in [6.07, 6.45) is 4.53. The molecular formula is C14H20FN3O2. The van der Waals surface area contributed by atoms with E-state index in [9.17, 15) is 9.18 Å². The predicted octanol–water partition coefficient (Wildman–Crippen LogP) is 2.03. The van der Waals surface area contributed by atoms with Crippen LogP contribution in [0.15, 0.2) is 12.4 Å². The van der Waals surface area contributed by atoms with Crippen LogP contribution in [0.5, 0.6) is 6.01 Å². The highest BCUT2D eigenvalue weighted by molar-refractivity contribution is 5.78. The first-order chi connectivity index (χ1) is 9.60. The Morgan fingerprint density at radius 1 is 1.45 bits per heavy atom. The number of ether oxygens (including phenoxy) is 1. The Morgan fingerprint density at radius 3 is 2.60 bits per heavy atom. The summed E-state index contributed by atoms with van der Waals surface area (Å²) in [6.45, 7) is 5.35. The normalized spacial score (nSPS) is 17.9. The van der Waals surface area contributed by atoms with E-state index in [4.69, 9.17) is 4.74 Å².